The van der Waals surface area contributed by atoms with Gasteiger partial charge >= 0.3 is 6.54 Å². The van der Waals surface area contributed by atoms with Gasteiger partial charge in [-0.2, -0.15) is 4.39 Å². The average molecular weight is 186 g/mol. The predicted octanol–water partition coefficient (Wildman–Crippen LogP) is 1.66. The molecule has 1 heterocycles. The van der Waals surface area contributed by atoms with Crippen molar-refractivity contribution in [2.45, 2.75) is 6.54 Å². The summed E-state index contributed by atoms with van der Waals surface area (Å²) >= 11 is 0. The second-order valence-electron chi connectivity index (χ2n) is 2.42. The van der Waals surface area contributed by atoms with Crippen molar-refractivity contribution in [1.29, 1.82) is 0 Å². The van der Waals surface area contributed by atoms with Crippen molar-refractivity contribution in [3.63, 3.8) is 0 Å². The lowest BCUT2D eigenvalue weighted by molar-refractivity contribution is -0.0653. The molecule has 0 radical (unpaired) electrons. The summed E-state index contributed by atoms with van der Waals surface area (Å²) in [5, 5.41) is 0. The molecule has 0 fully saturated rings. The minimum atomic E-state index is -1.96. The molecule has 68 valence electrons. The fourth-order valence-corrected chi connectivity index (χ4v) is 1.10. The number of hydrogen-bond acceptors (Lipinski definition) is 3. The summed E-state index contributed by atoms with van der Waals surface area (Å²) in [6.07, 6.45) is 0.259. The largest absolute Gasteiger partial charge is 0.425 e. The molecule has 5 heteroatoms. The molecule has 0 spiro atoms. The molecule has 1 atom stereocenters. The Hall–Kier alpha value is -1.65. The number of benzene rings is 1. The highest BCUT2D eigenvalue weighted by molar-refractivity contribution is 5.81. The van der Waals surface area contributed by atoms with Crippen LogP contribution in [0, 0.1) is 5.82 Å². The first-order valence-corrected chi connectivity index (χ1v) is 3.47. The quantitative estimate of drug-likeness (QED) is 0.625. The van der Waals surface area contributed by atoms with Gasteiger partial charge in [0.25, 0.3) is 0 Å². The lowest BCUT2D eigenvalue weighted by Gasteiger charge is -1.99. The first-order chi connectivity index (χ1) is 6.22. The van der Waals surface area contributed by atoms with Gasteiger partial charge in [-0.3, -0.25) is 4.79 Å². The van der Waals surface area contributed by atoms with E-state index in [1.165, 1.54) is 6.07 Å². The molecule has 1 aliphatic rings. The van der Waals surface area contributed by atoms with Crippen LogP contribution in [0.5, 0.6) is 11.5 Å². The molecule has 1 aromatic rings. The van der Waals surface area contributed by atoms with Gasteiger partial charge < -0.3 is 9.47 Å². The Balaban J connectivity index is 2.58. The highest BCUT2D eigenvalue weighted by atomic mass is 19.2. The van der Waals surface area contributed by atoms with Gasteiger partial charge in [-0.15, -0.1) is 0 Å². The molecule has 0 aliphatic carbocycles. The Morgan fingerprint density at radius 2 is 2.15 bits per heavy atom. The van der Waals surface area contributed by atoms with Crippen LogP contribution in [0.4, 0.5) is 8.78 Å². The van der Waals surface area contributed by atoms with Gasteiger partial charge in [0.05, 0.1) is 5.56 Å². The van der Waals surface area contributed by atoms with E-state index in [0.29, 0.717) is 0 Å². The summed E-state index contributed by atoms with van der Waals surface area (Å²) in [4.78, 5) is 10.4. The van der Waals surface area contributed by atoms with Crippen molar-refractivity contribution in [2.24, 2.45) is 0 Å². The van der Waals surface area contributed by atoms with Crippen LogP contribution in [0.2, 0.25) is 0 Å². The van der Waals surface area contributed by atoms with Crippen molar-refractivity contribution in [1.82, 2.24) is 0 Å². The zero-order chi connectivity index (χ0) is 9.42. The van der Waals surface area contributed by atoms with Crippen molar-refractivity contribution in [3.05, 3.63) is 23.5 Å². The van der Waals surface area contributed by atoms with E-state index in [0.717, 1.165) is 6.07 Å². The zero-order valence-corrected chi connectivity index (χ0v) is 6.29. The van der Waals surface area contributed by atoms with Crippen LogP contribution in [0.25, 0.3) is 0 Å². The normalized spacial score (nSPS) is 18.8. The highest BCUT2D eigenvalue weighted by Crippen LogP contribution is 2.38. The van der Waals surface area contributed by atoms with Gasteiger partial charge in [-0.05, 0) is 12.1 Å². The summed E-state index contributed by atoms with van der Waals surface area (Å²) in [7, 11) is 0. The van der Waals surface area contributed by atoms with E-state index in [4.69, 9.17) is 0 Å². The van der Waals surface area contributed by atoms with Crippen molar-refractivity contribution in [3.8, 4) is 11.5 Å². The fourth-order valence-electron chi connectivity index (χ4n) is 1.10. The van der Waals surface area contributed by atoms with Gasteiger partial charge in [-0.1, -0.05) is 0 Å². The minimum Gasteiger partial charge on any atom is -0.425 e. The standard InChI is InChI=1S/C8H4F2O3/c9-5-1-2-6-7(4(5)3-11)13-8(10)12-6/h1-3,8H. The summed E-state index contributed by atoms with van der Waals surface area (Å²) in [5.74, 6) is -0.898. The maximum atomic E-state index is 12.9. The molecular weight excluding hydrogens is 182 g/mol. The molecule has 1 unspecified atom stereocenters. The predicted molar refractivity (Wildman–Crippen MR) is 37.9 cm³/mol. The van der Waals surface area contributed by atoms with Crippen molar-refractivity contribution >= 4 is 6.29 Å². The smallest absolute Gasteiger partial charge is 0.397 e. The third-order valence-corrected chi connectivity index (χ3v) is 1.65. The zero-order valence-electron chi connectivity index (χ0n) is 6.29. The number of alkyl halides is 1. The molecule has 0 N–H and O–H groups in total. The summed E-state index contributed by atoms with van der Waals surface area (Å²) < 4.78 is 34.3. The second-order valence-corrected chi connectivity index (χ2v) is 2.42. The van der Waals surface area contributed by atoms with Crippen LogP contribution >= 0.6 is 0 Å². The topological polar surface area (TPSA) is 35.5 Å². The van der Waals surface area contributed by atoms with Crippen LogP contribution in [-0.4, -0.2) is 12.8 Å². The van der Waals surface area contributed by atoms with Crippen LogP contribution < -0.4 is 9.47 Å². The Labute approximate surface area is 71.9 Å². The first kappa shape index (κ1) is 7.97. The molecule has 0 saturated carbocycles. The third kappa shape index (κ3) is 1.12. The van der Waals surface area contributed by atoms with Crippen LogP contribution in [-0.2, 0) is 0 Å². The lowest BCUT2D eigenvalue weighted by Crippen LogP contribution is -2.09. The number of hydrogen-bond donors (Lipinski definition) is 0. The van der Waals surface area contributed by atoms with Gasteiger partial charge in [0.1, 0.15) is 5.82 Å². The number of carbonyl (C=O) groups excluding carboxylic acids is 1. The summed E-state index contributed by atoms with van der Waals surface area (Å²) in [5.41, 5.74) is -0.322. The SMILES string of the molecule is O=Cc1c(F)ccc2c1OC(F)O2. The van der Waals surface area contributed by atoms with E-state index in [1.54, 1.807) is 0 Å². The van der Waals surface area contributed by atoms with Gasteiger partial charge in [-0.25, -0.2) is 4.39 Å². The number of halogens is 2. The molecule has 0 amide bonds. The Morgan fingerprint density at radius 1 is 1.38 bits per heavy atom. The Morgan fingerprint density at radius 3 is 2.85 bits per heavy atom. The molecule has 3 nitrogen and oxygen atoms in total. The molecule has 2 rings (SSSR count). The minimum absolute atomic E-state index is 0.0380. The van der Waals surface area contributed by atoms with Crippen LogP contribution in [0.3, 0.4) is 0 Å². The van der Waals surface area contributed by atoms with Crippen molar-refractivity contribution in [2.75, 3.05) is 0 Å². The van der Waals surface area contributed by atoms with E-state index in [-0.39, 0.29) is 23.3 Å². The molecule has 1 aliphatic heterocycles. The summed E-state index contributed by atoms with van der Waals surface area (Å²) in [6.45, 7) is -1.96. The van der Waals surface area contributed by atoms with Gasteiger partial charge in [0, 0.05) is 0 Å². The maximum Gasteiger partial charge on any atom is 0.397 e. The van der Waals surface area contributed by atoms with E-state index in [9.17, 15) is 13.6 Å². The molecule has 0 saturated heterocycles. The second kappa shape index (κ2) is 2.69. The number of aldehydes is 1. The fraction of sp³-hybridized carbons (Fsp3) is 0.125. The van der Waals surface area contributed by atoms with E-state index >= 15 is 0 Å². The highest BCUT2D eigenvalue weighted by Gasteiger charge is 2.27. The number of rotatable bonds is 1. The monoisotopic (exact) mass is 186 g/mol. The number of ether oxygens (including phenoxy) is 2. The van der Waals surface area contributed by atoms with E-state index < -0.39 is 12.4 Å². The van der Waals surface area contributed by atoms with Crippen LogP contribution in [0.1, 0.15) is 10.4 Å². The van der Waals surface area contributed by atoms with Crippen molar-refractivity contribution < 1.29 is 23.0 Å². The summed E-state index contributed by atoms with van der Waals surface area (Å²) in [6, 6.07) is 2.22. The first-order valence-electron chi connectivity index (χ1n) is 3.47. The molecule has 13 heavy (non-hydrogen) atoms. The molecule has 0 bridgehead atoms. The third-order valence-electron chi connectivity index (χ3n) is 1.65. The van der Waals surface area contributed by atoms with Crippen LogP contribution in [0.15, 0.2) is 12.1 Å². The molecular formula is C8H4F2O3. The lowest BCUT2D eigenvalue weighted by atomic mass is 10.2. The Kier molecular flexibility index (Phi) is 1.65. The number of fused-ring (bicyclic) bond motifs is 1. The maximum absolute atomic E-state index is 12.9. The van der Waals surface area contributed by atoms with Gasteiger partial charge in [0.2, 0.25) is 0 Å². The molecule has 1 aromatic carbocycles. The average Bonchev–Trinajstić information content (AvgIpc) is 2.45. The van der Waals surface area contributed by atoms with E-state index in [1.807, 2.05) is 0 Å². The Bertz CT molecular complexity index is 365. The molecule has 0 aromatic heterocycles. The van der Waals surface area contributed by atoms with E-state index in [2.05, 4.69) is 9.47 Å². The van der Waals surface area contributed by atoms with Gasteiger partial charge in [0.15, 0.2) is 17.8 Å². The number of carbonyl (C=O) groups is 1.